The number of nitrogens with zero attached hydrogens (tertiary/aromatic N) is 4. The minimum absolute atomic E-state index is 0.110. The summed E-state index contributed by atoms with van der Waals surface area (Å²) < 4.78 is 1.86. The maximum Gasteiger partial charge on any atom is 0.326 e. The lowest BCUT2D eigenvalue weighted by atomic mass is 10.0. The summed E-state index contributed by atoms with van der Waals surface area (Å²) in [6, 6.07) is 14.6. The molecule has 1 saturated heterocycles. The molecule has 4 aromatic rings. The number of hydrogen-bond donors (Lipinski definition) is 1. The Morgan fingerprint density at radius 2 is 1.90 bits per heavy atom. The van der Waals surface area contributed by atoms with Gasteiger partial charge in [-0.25, -0.2) is 14.8 Å². The highest BCUT2D eigenvalue weighted by molar-refractivity contribution is 6.45. The fourth-order valence-corrected chi connectivity index (χ4v) is 4.69. The molecule has 156 valence electrons. The van der Waals surface area contributed by atoms with Gasteiger partial charge < -0.3 is 14.6 Å². The van der Waals surface area contributed by atoms with Gasteiger partial charge in [0.15, 0.2) is 0 Å². The van der Waals surface area contributed by atoms with Crippen molar-refractivity contribution in [2.24, 2.45) is 0 Å². The van der Waals surface area contributed by atoms with Gasteiger partial charge in [0, 0.05) is 23.8 Å². The van der Waals surface area contributed by atoms with Crippen LogP contribution in [0, 0.1) is 0 Å². The number of pyridine rings is 1. The van der Waals surface area contributed by atoms with Crippen molar-refractivity contribution < 1.29 is 9.90 Å². The highest BCUT2D eigenvalue weighted by Crippen LogP contribution is 2.42. The van der Waals surface area contributed by atoms with Crippen LogP contribution in [-0.4, -0.2) is 31.7 Å². The molecule has 0 aliphatic carbocycles. The molecular weight excluding hydrogens is 435 g/mol. The van der Waals surface area contributed by atoms with Gasteiger partial charge in [-0.2, -0.15) is 0 Å². The zero-order valence-corrected chi connectivity index (χ0v) is 17.8. The van der Waals surface area contributed by atoms with E-state index < -0.39 is 12.0 Å². The Bertz CT molecular complexity index is 1260. The van der Waals surface area contributed by atoms with E-state index in [-0.39, 0.29) is 6.04 Å². The van der Waals surface area contributed by atoms with Gasteiger partial charge >= 0.3 is 5.97 Å². The molecule has 6 nitrogen and oxygen atoms in total. The van der Waals surface area contributed by atoms with Crippen molar-refractivity contribution in [1.82, 2.24) is 14.5 Å². The third kappa shape index (κ3) is 3.42. The summed E-state index contributed by atoms with van der Waals surface area (Å²) in [6.07, 6.45) is 6.44. The quantitative estimate of drug-likeness (QED) is 0.441. The van der Waals surface area contributed by atoms with Gasteiger partial charge in [-0.05, 0) is 30.5 Å². The molecule has 0 saturated carbocycles. The van der Waals surface area contributed by atoms with Crippen LogP contribution in [0.2, 0.25) is 10.0 Å². The fourth-order valence-electron chi connectivity index (χ4n) is 4.33. The lowest BCUT2D eigenvalue weighted by Gasteiger charge is -2.30. The van der Waals surface area contributed by atoms with Crippen molar-refractivity contribution in [2.75, 3.05) is 4.90 Å². The first-order chi connectivity index (χ1) is 15.0. The van der Waals surface area contributed by atoms with Crippen molar-refractivity contribution in [3.8, 4) is 5.69 Å². The second-order valence-electron chi connectivity index (χ2n) is 7.49. The van der Waals surface area contributed by atoms with E-state index in [2.05, 4.69) is 4.98 Å². The van der Waals surface area contributed by atoms with Gasteiger partial charge in [0.25, 0.3) is 0 Å². The molecule has 31 heavy (non-hydrogen) atoms. The van der Waals surface area contributed by atoms with E-state index >= 15 is 0 Å². The van der Waals surface area contributed by atoms with Crippen LogP contribution >= 0.6 is 23.2 Å². The number of imidazole rings is 1. The molecule has 1 N–H and O–H groups in total. The number of carboxylic acids is 1. The molecule has 1 aliphatic heterocycles. The average Bonchev–Trinajstić information content (AvgIpc) is 3.47. The summed E-state index contributed by atoms with van der Waals surface area (Å²) in [5.41, 5.74) is 2.38. The Morgan fingerprint density at radius 3 is 2.61 bits per heavy atom. The lowest BCUT2D eigenvalue weighted by molar-refractivity contribution is -0.138. The summed E-state index contributed by atoms with van der Waals surface area (Å²) >= 11 is 12.8. The van der Waals surface area contributed by atoms with E-state index in [9.17, 15) is 9.90 Å². The molecule has 3 heterocycles. The highest BCUT2D eigenvalue weighted by Gasteiger charge is 2.40. The van der Waals surface area contributed by atoms with E-state index in [1.165, 1.54) is 0 Å². The summed E-state index contributed by atoms with van der Waals surface area (Å²) in [4.78, 5) is 23.0. The fraction of sp³-hybridized carbons (Fsp3) is 0.174. The molecule has 8 heteroatoms. The molecule has 0 unspecified atom stereocenters. The third-order valence-electron chi connectivity index (χ3n) is 5.74. The molecule has 0 bridgehead atoms. The summed E-state index contributed by atoms with van der Waals surface area (Å²) in [5, 5.41) is 11.5. The predicted octanol–water partition coefficient (Wildman–Crippen LogP) is 5.52. The minimum Gasteiger partial charge on any atom is -0.480 e. The smallest absolute Gasteiger partial charge is 0.326 e. The van der Waals surface area contributed by atoms with Crippen molar-refractivity contribution in [3.05, 3.63) is 82.9 Å². The third-order valence-corrected chi connectivity index (χ3v) is 6.53. The van der Waals surface area contributed by atoms with Crippen LogP contribution in [0.3, 0.4) is 0 Å². The highest BCUT2D eigenvalue weighted by atomic mass is 35.5. The minimum atomic E-state index is -0.873. The number of anilines is 1. The summed E-state index contributed by atoms with van der Waals surface area (Å²) in [5.74, 6) is -0.333. The van der Waals surface area contributed by atoms with Gasteiger partial charge in [0.1, 0.15) is 11.9 Å². The largest absolute Gasteiger partial charge is 0.480 e. The number of carboxylic acid groups (broad SMARTS) is 1. The van der Waals surface area contributed by atoms with Crippen molar-refractivity contribution in [1.29, 1.82) is 0 Å². The van der Waals surface area contributed by atoms with E-state index in [0.717, 1.165) is 16.6 Å². The number of hydrogen-bond acceptors (Lipinski definition) is 4. The van der Waals surface area contributed by atoms with E-state index in [4.69, 9.17) is 28.2 Å². The maximum atomic E-state index is 12.1. The van der Waals surface area contributed by atoms with Crippen molar-refractivity contribution >= 4 is 45.9 Å². The Labute approximate surface area is 188 Å². The van der Waals surface area contributed by atoms with Crippen LogP contribution in [0.15, 0.2) is 67.3 Å². The maximum absolute atomic E-state index is 12.1. The molecule has 0 radical (unpaired) electrons. The van der Waals surface area contributed by atoms with E-state index in [0.29, 0.717) is 34.2 Å². The molecule has 5 rings (SSSR count). The van der Waals surface area contributed by atoms with E-state index in [1.807, 2.05) is 58.1 Å². The number of aliphatic carboxylic acids is 1. The lowest BCUT2D eigenvalue weighted by Crippen LogP contribution is -2.38. The predicted molar refractivity (Wildman–Crippen MR) is 121 cm³/mol. The number of benzene rings is 2. The van der Waals surface area contributed by atoms with Crippen molar-refractivity contribution in [3.63, 3.8) is 0 Å². The zero-order valence-electron chi connectivity index (χ0n) is 16.3. The molecule has 2 aromatic heterocycles. The number of aromatic nitrogens is 3. The molecule has 1 fully saturated rings. The number of carbonyl (C=O) groups is 1. The SMILES string of the molecule is O=C(O)[C@@H]1CC[C@H](c2ccccc2)N1c1cc(-n2ccnc2)c2ccc(Cl)c(Cl)c2n1. The molecule has 0 spiro atoms. The molecule has 1 aliphatic rings. The van der Waals surface area contributed by atoms with Crippen molar-refractivity contribution in [2.45, 2.75) is 24.9 Å². The summed E-state index contributed by atoms with van der Waals surface area (Å²) in [6.45, 7) is 0. The number of fused-ring (bicyclic) bond motifs is 1. The van der Waals surface area contributed by atoms with Crippen LogP contribution in [0.1, 0.15) is 24.4 Å². The van der Waals surface area contributed by atoms with Gasteiger partial charge in [0.05, 0.1) is 33.6 Å². The van der Waals surface area contributed by atoms with Gasteiger partial charge in [0.2, 0.25) is 0 Å². The van der Waals surface area contributed by atoms with Crippen LogP contribution in [0.4, 0.5) is 5.82 Å². The van der Waals surface area contributed by atoms with E-state index in [1.54, 1.807) is 18.6 Å². The van der Waals surface area contributed by atoms with Crippen LogP contribution in [0.5, 0.6) is 0 Å². The molecule has 0 amide bonds. The summed E-state index contributed by atoms with van der Waals surface area (Å²) in [7, 11) is 0. The van der Waals surface area contributed by atoms with Gasteiger partial charge in [-0.1, -0.05) is 53.5 Å². The topological polar surface area (TPSA) is 71.2 Å². The Balaban J connectivity index is 1.75. The van der Waals surface area contributed by atoms with Crippen LogP contribution in [0.25, 0.3) is 16.6 Å². The second-order valence-corrected chi connectivity index (χ2v) is 8.28. The standard InChI is InChI=1S/C23H18Cl2N4O2/c24-16-7-6-15-19(28-11-10-26-13-28)12-20(27-22(15)21(16)25)29-17(8-9-18(29)23(30)31)14-4-2-1-3-5-14/h1-7,10-13,17-18H,8-9H2,(H,30,31)/t17-,18+/m1/s1. The second kappa shape index (κ2) is 7.87. The monoisotopic (exact) mass is 452 g/mol. The first-order valence-corrected chi connectivity index (χ1v) is 10.6. The molecular formula is C23H18Cl2N4O2. The number of halogens is 2. The molecule has 2 aromatic carbocycles. The van der Waals surface area contributed by atoms with Crippen LogP contribution < -0.4 is 4.90 Å². The Morgan fingerprint density at radius 1 is 1.10 bits per heavy atom. The Hall–Kier alpha value is -3.09. The average molecular weight is 453 g/mol. The zero-order chi connectivity index (χ0) is 21.5. The molecule has 2 atom stereocenters. The first kappa shape index (κ1) is 19.8. The Kier molecular flexibility index (Phi) is 5.04. The van der Waals surface area contributed by atoms with Crippen LogP contribution in [-0.2, 0) is 4.79 Å². The normalized spacial score (nSPS) is 18.6. The first-order valence-electron chi connectivity index (χ1n) is 9.88. The van der Waals surface area contributed by atoms with Gasteiger partial charge in [-0.15, -0.1) is 0 Å². The number of rotatable bonds is 4. The van der Waals surface area contributed by atoms with Gasteiger partial charge in [-0.3, -0.25) is 0 Å².